The fourth-order valence-electron chi connectivity index (χ4n) is 1.39. The summed E-state index contributed by atoms with van der Waals surface area (Å²) < 4.78 is 0. The van der Waals surface area contributed by atoms with Gasteiger partial charge in [-0.25, -0.2) is 0 Å². The van der Waals surface area contributed by atoms with Crippen molar-refractivity contribution in [2.75, 3.05) is 19.6 Å². The Balaban J connectivity index is 4.33. The Kier molecular flexibility index (Phi) is 8.56. The first-order chi connectivity index (χ1) is 9.23. The molecule has 0 unspecified atom stereocenters. The number of hydrogen-bond donors (Lipinski definition) is 3. The summed E-state index contributed by atoms with van der Waals surface area (Å²) in [7, 11) is 0. The van der Waals surface area contributed by atoms with E-state index in [2.05, 4.69) is 43.0 Å². The lowest BCUT2D eigenvalue weighted by atomic mass is 10.1. The van der Waals surface area contributed by atoms with E-state index in [1.807, 2.05) is 0 Å². The predicted octanol–water partition coefficient (Wildman–Crippen LogP) is 0.985. The van der Waals surface area contributed by atoms with Crippen LogP contribution >= 0.6 is 0 Å². The van der Waals surface area contributed by atoms with Crippen molar-refractivity contribution in [3.8, 4) is 0 Å². The Labute approximate surface area is 121 Å². The van der Waals surface area contributed by atoms with Gasteiger partial charge in [0.2, 0.25) is 11.8 Å². The lowest BCUT2D eigenvalue weighted by Crippen LogP contribution is -2.42. The fraction of sp³-hybridized carbons (Fsp3) is 0.600. The van der Waals surface area contributed by atoms with Crippen molar-refractivity contribution in [2.45, 2.75) is 33.7 Å². The van der Waals surface area contributed by atoms with E-state index in [1.165, 1.54) is 0 Å². The summed E-state index contributed by atoms with van der Waals surface area (Å²) in [6.07, 6.45) is 0. The molecule has 0 aromatic heterocycles. The van der Waals surface area contributed by atoms with Crippen molar-refractivity contribution >= 4 is 11.8 Å². The number of carbonyl (C=O) groups excluding carboxylic acids is 2. The van der Waals surface area contributed by atoms with Crippen LogP contribution in [0.2, 0.25) is 0 Å². The second kappa shape index (κ2) is 9.31. The van der Waals surface area contributed by atoms with E-state index in [0.29, 0.717) is 36.8 Å². The number of amides is 2. The molecule has 114 valence electrons. The van der Waals surface area contributed by atoms with Gasteiger partial charge in [0.25, 0.3) is 0 Å². The van der Waals surface area contributed by atoms with E-state index in [-0.39, 0.29) is 17.7 Å². The van der Waals surface area contributed by atoms with Gasteiger partial charge in [-0.05, 0) is 13.8 Å². The minimum Gasteiger partial charge on any atom is -0.352 e. The zero-order valence-corrected chi connectivity index (χ0v) is 13.0. The molecule has 0 aliphatic rings. The molecule has 0 aliphatic carbocycles. The molecule has 0 bridgehead atoms. The molecular weight excluding hydrogens is 254 g/mol. The topological polar surface area (TPSA) is 70.2 Å². The van der Waals surface area contributed by atoms with E-state index < -0.39 is 0 Å². The normalized spacial score (nSPS) is 10.5. The van der Waals surface area contributed by atoms with Crippen molar-refractivity contribution in [1.29, 1.82) is 0 Å². The van der Waals surface area contributed by atoms with Gasteiger partial charge >= 0.3 is 0 Å². The maximum atomic E-state index is 11.5. The van der Waals surface area contributed by atoms with Crippen LogP contribution in [-0.2, 0) is 9.59 Å². The van der Waals surface area contributed by atoms with Crippen molar-refractivity contribution in [3.63, 3.8) is 0 Å². The van der Waals surface area contributed by atoms with Crippen LogP contribution in [0, 0.1) is 5.92 Å². The average Bonchev–Trinajstić information content (AvgIpc) is 2.36. The molecule has 0 radical (unpaired) electrons. The van der Waals surface area contributed by atoms with Crippen molar-refractivity contribution in [3.05, 3.63) is 24.3 Å². The van der Waals surface area contributed by atoms with Gasteiger partial charge in [0.15, 0.2) is 0 Å². The minimum absolute atomic E-state index is 0.115. The van der Waals surface area contributed by atoms with Crippen LogP contribution in [-0.4, -0.2) is 37.5 Å². The molecule has 0 spiro atoms. The second-order valence-corrected chi connectivity index (χ2v) is 5.41. The highest BCUT2D eigenvalue weighted by Gasteiger charge is 2.13. The summed E-state index contributed by atoms with van der Waals surface area (Å²) in [4.78, 5) is 23.0. The largest absolute Gasteiger partial charge is 0.352 e. The van der Waals surface area contributed by atoms with Gasteiger partial charge in [0.05, 0.1) is 0 Å². The van der Waals surface area contributed by atoms with E-state index in [0.717, 1.165) is 0 Å². The van der Waals surface area contributed by atoms with Gasteiger partial charge in [-0.15, -0.1) is 0 Å². The van der Waals surface area contributed by atoms with E-state index in [4.69, 9.17) is 0 Å². The molecule has 3 N–H and O–H groups in total. The lowest BCUT2D eigenvalue weighted by Gasteiger charge is -2.20. The Morgan fingerprint density at radius 2 is 1.30 bits per heavy atom. The van der Waals surface area contributed by atoms with Crippen LogP contribution in [0.15, 0.2) is 24.3 Å². The molecule has 5 nitrogen and oxygen atoms in total. The Hall–Kier alpha value is -1.62. The van der Waals surface area contributed by atoms with Gasteiger partial charge in [-0.1, -0.05) is 27.0 Å². The van der Waals surface area contributed by atoms with Crippen LogP contribution in [0.4, 0.5) is 0 Å². The molecule has 20 heavy (non-hydrogen) atoms. The van der Waals surface area contributed by atoms with Crippen molar-refractivity contribution in [1.82, 2.24) is 16.0 Å². The maximum absolute atomic E-state index is 11.5. The summed E-state index contributed by atoms with van der Waals surface area (Å²) in [6.45, 7) is 16.3. The summed E-state index contributed by atoms with van der Waals surface area (Å²) in [5.74, 6) is -0.208. The van der Waals surface area contributed by atoms with Crippen LogP contribution in [0.25, 0.3) is 0 Å². The van der Waals surface area contributed by atoms with Gasteiger partial charge in [-0.3, -0.25) is 9.59 Å². The first-order valence-electron chi connectivity index (χ1n) is 6.84. The zero-order chi connectivity index (χ0) is 15.7. The molecule has 0 heterocycles. The number of rotatable bonds is 9. The number of nitrogens with one attached hydrogen (secondary N) is 3. The molecule has 0 aromatic rings. The van der Waals surface area contributed by atoms with Crippen molar-refractivity contribution in [2.24, 2.45) is 5.92 Å². The highest BCUT2D eigenvalue weighted by atomic mass is 16.2. The number of carbonyl (C=O) groups is 2. The van der Waals surface area contributed by atoms with E-state index in [1.54, 1.807) is 13.8 Å². The van der Waals surface area contributed by atoms with E-state index in [9.17, 15) is 9.59 Å². The third-order valence-electron chi connectivity index (χ3n) is 2.69. The molecule has 0 saturated carbocycles. The van der Waals surface area contributed by atoms with Crippen LogP contribution < -0.4 is 16.0 Å². The summed E-state index contributed by atoms with van der Waals surface area (Å²) in [5.41, 5.74) is 0.957. The van der Waals surface area contributed by atoms with E-state index >= 15 is 0 Å². The summed E-state index contributed by atoms with van der Waals surface area (Å²) in [5, 5.41) is 8.92. The van der Waals surface area contributed by atoms with Gasteiger partial charge in [0.1, 0.15) is 0 Å². The standard InChI is InChI=1S/C15H27N3O2/c1-10(2)14(19)17-8-13(7-16-12(5)6)9-18-15(20)11(3)4/h12-13,16H,1,3,7-9H2,2,4-6H3,(H,17,19)(H,18,20). The molecule has 0 fully saturated rings. The van der Waals surface area contributed by atoms with Gasteiger partial charge in [-0.2, -0.15) is 0 Å². The third-order valence-corrected chi connectivity index (χ3v) is 2.69. The fourth-order valence-corrected chi connectivity index (χ4v) is 1.39. The molecule has 2 amide bonds. The van der Waals surface area contributed by atoms with Crippen LogP contribution in [0.1, 0.15) is 27.7 Å². The smallest absolute Gasteiger partial charge is 0.246 e. The highest BCUT2D eigenvalue weighted by Crippen LogP contribution is 1.96. The van der Waals surface area contributed by atoms with Gasteiger partial charge < -0.3 is 16.0 Å². The summed E-state index contributed by atoms with van der Waals surface area (Å²) >= 11 is 0. The Morgan fingerprint density at radius 1 is 0.900 bits per heavy atom. The minimum atomic E-state index is -0.161. The quantitative estimate of drug-likeness (QED) is 0.552. The van der Waals surface area contributed by atoms with Gasteiger partial charge in [0, 0.05) is 42.7 Å². The Bertz CT molecular complexity index is 345. The number of hydrogen-bond acceptors (Lipinski definition) is 3. The SMILES string of the molecule is C=C(C)C(=O)NCC(CNC(=O)C(=C)C)CNC(C)C. The Morgan fingerprint density at radius 3 is 1.60 bits per heavy atom. The molecule has 0 aromatic carbocycles. The van der Waals surface area contributed by atoms with Crippen LogP contribution in [0.5, 0.6) is 0 Å². The highest BCUT2D eigenvalue weighted by molar-refractivity contribution is 5.92. The first-order valence-corrected chi connectivity index (χ1v) is 6.84. The predicted molar refractivity (Wildman–Crippen MR) is 82.3 cm³/mol. The summed E-state index contributed by atoms with van der Waals surface area (Å²) in [6, 6.07) is 0.353. The maximum Gasteiger partial charge on any atom is 0.246 e. The zero-order valence-electron chi connectivity index (χ0n) is 13.0. The average molecular weight is 281 g/mol. The van der Waals surface area contributed by atoms with Crippen LogP contribution in [0.3, 0.4) is 0 Å². The molecule has 0 aliphatic heterocycles. The molecular formula is C15H27N3O2. The second-order valence-electron chi connectivity index (χ2n) is 5.41. The van der Waals surface area contributed by atoms with Crippen molar-refractivity contribution < 1.29 is 9.59 Å². The molecule has 0 rings (SSSR count). The monoisotopic (exact) mass is 281 g/mol. The lowest BCUT2D eigenvalue weighted by molar-refractivity contribution is -0.117. The third kappa shape index (κ3) is 8.48. The molecule has 5 heteroatoms. The molecule has 0 saturated heterocycles. The first kappa shape index (κ1) is 18.4. The molecule has 0 atom stereocenters.